The molecule has 2 aliphatic heterocycles. The quantitative estimate of drug-likeness (QED) is 0.692. The van der Waals surface area contributed by atoms with E-state index in [4.69, 9.17) is 0 Å². The molecule has 1 amide bonds. The molecule has 0 radical (unpaired) electrons. The second-order valence-corrected chi connectivity index (χ2v) is 9.29. The van der Waals surface area contributed by atoms with E-state index < -0.39 is 0 Å². The Morgan fingerprint density at radius 3 is 2.71 bits per heavy atom. The molecule has 1 fully saturated rings. The summed E-state index contributed by atoms with van der Waals surface area (Å²) in [5.41, 5.74) is 3.14. The summed E-state index contributed by atoms with van der Waals surface area (Å²) in [6.45, 7) is 7.85. The Hall–Kier alpha value is -1.98. The fourth-order valence-electron chi connectivity index (χ4n) is 4.42. The summed E-state index contributed by atoms with van der Waals surface area (Å²) < 4.78 is 14.1. The lowest BCUT2D eigenvalue weighted by atomic mass is 9.74. The number of benzene rings is 1. The molecule has 1 aromatic heterocycles. The highest BCUT2D eigenvalue weighted by Gasteiger charge is 2.46. The molecular formula is C23H27FN2OS. The van der Waals surface area contributed by atoms with Gasteiger partial charge in [0.15, 0.2) is 0 Å². The predicted molar refractivity (Wildman–Crippen MR) is 114 cm³/mol. The van der Waals surface area contributed by atoms with Gasteiger partial charge in [-0.15, -0.1) is 11.3 Å². The number of carbonyl (C=O) groups is 1. The average molecular weight is 399 g/mol. The van der Waals surface area contributed by atoms with E-state index in [1.54, 1.807) is 23.5 Å². The first-order valence-electron chi connectivity index (χ1n) is 9.95. The molecule has 5 heteroatoms. The predicted octanol–water partition coefficient (Wildman–Crippen LogP) is 4.78. The molecule has 4 rings (SSSR count). The number of allylic oxidation sites excluding steroid dienone is 1. The molecule has 1 spiro atoms. The molecule has 3 nitrogen and oxygen atoms in total. The summed E-state index contributed by atoms with van der Waals surface area (Å²) in [5.74, 6) is -0.100. The van der Waals surface area contributed by atoms with Gasteiger partial charge in [-0.25, -0.2) is 4.39 Å². The van der Waals surface area contributed by atoms with E-state index in [0.29, 0.717) is 13.0 Å². The Morgan fingerprint density at radius 2 is 2.04 bits per heavy atom. The SMILES string of the molecule is CC(C)=CCN1CCC2(CC1)CN(C(=O)Cc1cccs1)c1ccc(F)cc12. The van der Waals surface area contributed by atoms with Crippen LogP contribution in [-0.2, 0) is 16.6 Å². The van der Waals surface area contributed by atoms with Crippen LogP contribution in [0.2, 0.25) is 0 Å². The van der Waals surface area contributed by atoms with Gasteiger partial charge in [-0.3, -0.25) is 9.69 Å². The molecule has 28 heavy (non-hydrogen) atoms. The fraction of sp³-hybridized carbons (Fsp3) is 0.435. The maximum Gasteiger partial charge on any atom is 0.232 e. The van der Waals surface area contributed by atoms with Crippen LogP contribution in [0, 0.1) is 5.82 Å². The van der Waals surface area contributed by atoms with Gasteiger partial charge in [-0.05, 0) is 75.0 Å². The largest absolute Gasteiger partial charge is 0.311 e. The number of hydrogen-bond acceptors (Lipinski definition) is 3. The Morgan fingerprint density at radius 1 is 1.25 bits per heavy atom. The van der Waals surface area contributed by atoms with Crippen molar-refractivity contribution in [2.75, 3.05) is 31.1 Å². The lowest BCUT2D eigenvalue weighted by Gasteiger charge is -2.39. The summed E-state index contributed by atoms with van der Waals surface area (Å²) >= 11 is 1.61. The van der Waals surface area contributed by atoms with Gasteiger partial charge >= 0.3 is 0 Å². The van der Waals surface area contributed by atoms with E-state index >= 15 is 0 Å². The first kappa shape index (κ1) is 19.3. The molecule has 0 unspecified atom stereocenters. The van der Waals surface area contributed by atoms with Crippen molar-refractivity contribution in [3.63, 3.8) is 0 Å². The van der Waals surface area contributed by atoms with Gasteiger partial charge in [0, 0.05) is 29.1 Å². The number of fused-ring (bicyclic) bond motifs is 2. The van der Waals surface area contributed by atoms with E-state index in [1.165, 1.54) is 11.6 Å². The van der Waals surface area contributed by atoms with Crippen molar-refractivity contribution in [3.05, 3.63) is 63.6 Å². The van der Waals surface area contributed by atoms with Crippen molar-refractivity contribution in [1.29, 1.82) is 0 Å². The molecule has 0 atom stereocenters. The lowest BCUT2D eigenvalue weighted by molar-refractivity contribution is -0.118. The van der Waals surface area contributed by atoms with Gasteiger partial charge < -0.3 is 4.90 Å². The zero-order chi connectivity index (χ0) is 19.7. The van der Waals surface area contributed by atoms with Crippen LogP contribution in [0.25, 0.3) is 0 Å². The summed E-state index contributed by atoms with van der Waals surface area (Å²) in [6, 6.07) is 8.92. The number of nitrogens with zero attached hydrogens (tertiary/aromatic N) is 2. The van der Waals surface area contributed by atoms with Crippen molar-refractivity contribution in [2.24, 2.45) is 0 Å². The van der Waals surface area contributed by atoms with Crippen LogP contribution in [0.4, 0.5) is 10.1 Å². The second kappa shape index (κ2) is 7.80. The topological polar surface area (TPSA) is 23.6 Å². The minimum atomic E-state index is -0.211. The molecule has 0 aliphatic carbocycles. The number of thiophene rings is 1. The van der Waals surface area contributed by atoms with E-state index in [1.807, 2.05) is 22.4 Å². The van der Waals surface area contributed by atoms with E-state index in [2.05, 4.69) is 24.8 Å². The van der Waals surface area contributed by atoms with Crippen molar-refractivity contribution in [3.8, 4) is 0 Å². The van der Waals surface area contributed by atoms with Gasteiger partial charge in [-0.1, -0.05) is 17.7 Å². The molecule has 2 aromatic rings. The molecule has 3 heterocycles. The smallest absolute Gasteiger partial charge is 0.232 e. The van der Waals surface area contributed by atoms with Crippen LogP contribution in [0.3, 0.4) is 0 Å². The average Bonchev–Trinajstić information content (AvgIpc) is 3.28. The number of piperidine rings is 1. The van der Waals surface area contributed by atoms with Crippen molar-refractivity contribution in [1.82, 2.24) is 4.90 Å². The van der Waals surface area contributed by atoms with Gasteiger partial charge in [0.05, 0.1) is 6.42 Å². The summed E-state index contributed by atoms with van der Waals surface area (Å²) in [4.78, 5) is 18.5. The Balaban J connectivity index is 1.56. The first-order valence-corrected chi connectivity index (χ1v) is 10.8. The third-order valence-electron chi connectivity index (χ3n) is 6.06. The molecule has 0 bridgehead atoms. The minimum Gasteiger partial charge on any atom is -0.311 e. The Kier molecular flexibility index (Phi) is 5.39. The normalized spacial score (nSPS) is 18.3. The van der Waals surface area contributed by atoms with Crippen molar-refractivity contribution >= 4 is 22.9 Å². The van der Waals surface area contributed by atoms with Crippen LogP contribution < -0.4 is 4.90 Å². The molecule has 0 saturated carbocycles. The maximum absolute atomic E-state index is 14.1. The van der Waals surface area contributed by atoms with E-state index in [9.17, 15) is 9.18 Å². The van der Waals surface area contributed by atoms with Gasteiger partial charge in [-0.2, -0.15) is 0 Å². The lowest BCUT2D eigenvalue weighted by Crippen LogP contribution is -2.46. The highest BCUT2D eigenvalue weighted by Crippen LogP contribution is 2.47. The van der Waals surface area contributed by atoms with Crippen LogP contribution in [0.5, 0.6) is 0 Å². The number of hydrogen-bond donors (Lipinski definition) is 0. The van der Waals surface area contributed by atoms with Crippen molar-refractivity contribution in [2.45, 2.75) is 38.5 Å². The highest BCUT2D eigenvalue weighted by molar-refractivity contribution is 7.10. The zero-order valence-corrected chi connectivity index (χ0v) is 17.4. The molecular weight excluding hydrogens is 371 g/mol. The number of halogens is 1. The maximum atomic E-state index is 14.1. The third kappa shape index (κ3) is 3.78. The van der Waals surface area contributed by atoms with Gasteiger partial charge in [0.1, 0.15) is 5.82 Å². The highest BCUT2D eigenvalue weighted by atomic mass is 32.1. The second-order valence-electron chi connectivity index (χ2n) is 8.26. The van der Waals surface area contributed by atoms with Crippen molar-refractivity contribution < 1.29 is 9.18 Å². The van der Waals surface area contributed by atoms with Crippen LogP contribution in [0.15, 0.2) is 47.4 Å². The van der Waals surface area contributed by atoms with Gasteiger partial charge in [0.25, 0.3) is 0 Å². The molecule has 2 aliphatic rings. The molecule has 1 aromatic carbocycles. The minimum absolute atomic E-state index is 0.110. The zero-order valence-electron chi connectivity index (χ0n) is 16.6. The Bertz CT molecular complexity index is 878. The Labute approximate surface area is 170 Å². The number of rotatable bonds is 4. The summed E-state index contributed by atoms with van der Waals surface area (Å²) in [6.07, 6.45) is 4.60. The molecule has 1 saturated heterocycles. The molecule has 148 valence electrons. The molecule has 0 N–H and O–H groups in total. The van der Waals surface area contributed by atoms with Crippen LogP contribution in [-0.4, -0.2) is 37.0 Å². The third-order valence-corrected chi connectivity index (χ3v) is 6.94. The monoisotopic (exact) mass is 398 g/mol. The van der Waals surface area contributed by atoms with Crippen LogP contribution >= 0.6 is 11.3 Å². The van der Waals surface area contributed by atoms with Gasteiger partial charge in [0.2, 0.25) is 5.91 Å². The number of carbonyl (C=O) groups excluding carboxylic acids is 1. The van der Waals surface area contributed by atoms with E-state index in [0.717, 1.165) is 48.6 Å². The number of anilines is 1. The fourth-order valence-corrected chi connectivity index (χ4v) is 5.12. The van der Waals surface area contributed by atoms with Crippen LogP contribution in [0.1, 0.15) is 37.1 Å². The van der Waals surface area contributed by atoms with E-state index in [-0.39, 0.29) is 17.1 Å². The summed E-state index contributed by atoms with van der Waals surface area (Å²) in [5, 5.41) is 2.00. The standard InChI is InChI=1S/C23H27FN2OS/c1-17(2)7-10-25-11-8-23(9-12-25)16-26(21-6-5-18(24)14-20(21)23)22(27)15-19-4-3-13-28-19/h3-7,13-14H,8-12,15-16H2,1-2H3. The first-order chi connectivity index (χ1) is 13.5. The number of amides is 1. The summed E-state index contributed by atoms with van der Waals surface area (Å²) in [7, 11) is 0. The number of likely N-dealkylation sites (tertiary alicyclic amines) is 1.